The molecule has 0 bridgehead atoms. The summed E-state index contributed by atoms with van der Waals surface area (Å²) in [6.07, 6.45) is 2.34. The monoisotopic (exact) mass is 327 g/mol. The molecule has 1 aliphatic carbocycles. The molecule has 6 heteroatoms. The minimum Gasteiger partial charge on any atom is -0.493 e. The second kappa shape index (κ2) is 6.31. The van der Waals surface area contributed by atoms with E-state index in [1.54, 1.807) is 0 Å². The highest BCUT2D eigenvalue weighted by atomic mass is 16.6. The Bertz CT molecular complexity index is 768. The van der Waals surface area contributed by atoms with E-state index in [1.807, 2.05) is 30.3 Å². The number of non-ortho nitro benzene ring substituents is 1. The van der Waals surface area contributed by atoms with Crippen LogP contribution in [0.2, 0.25) is 0 Å². The number of hydrogen-bond acceptors (Lipinski definition) is 5. The Morgan fingerprint density at radius 1 is 1.12 bits per heavy atom. The average molecular weight is 327 g/mol. The third kappa shape index (κ3) is 2.71. The fourth-order valence-electron chi connectivity index (χ4n) is 2.95. The third-order valence-corrected chi connectivity index (χ3v) is 4.48. The molecule has 2 aromatic rings. The number of ether oxygens (including phenoxy) is 2. The molecule has 24 heavy (non-hydrogen) atoms. The molecule has 2 aromatic carbocycles. The number of nitrogens with zero attached hydrogens (tertiary/aromatic N) is 1. The molecule has 0 atom stereocenters. The van der Waals surface area contributed by atoms with Crippen molar-refractivity contribution in [3.05, 3.63) is 64.2 Å². The molecule has 0 heterocycles. The molecule has 1 fully saturated rings. The van der Waals surface area contributed by atoms with Gasteiger partial charge in [-0.05, 0) is 24.5 Å². The van der Waals surface area contributed by atoms with Gasteiger partial charge < -0.3 is 9.47 Å². The van der Waals surface area contributed by atoms with E-state index >= 15 is 0 Å². The Morgan fingerprint density at radius 2 is 1.83 bits per heavy atom. The van der Waals surface area contributed by atoms with Gasteiger partial charge in [0, 0.05) is 6.07 Å². The zero-order chi connectivity index (χ0) is 17.2. The summed E-state index contributed by atoms with van der Waals surface area (Å²) in [4.78, 5) is 23.2. The fraction of sp³-hybridized carbons (Fsp3) is 0.278. The maximum atomic E-state index is 12.8. The molecule has 0 aliphatic heterocycles. The van der Waals surface area contributed by atoms with Crippen molar-refractivity contribution in [3.8, 4) is 11.5 Å². The predicted octanol–water partition coefficient (Wildman–Crippen LogP) is 3.63. The van der Waals surface area contributed by atoms with Crippen LogP contribution in [0.1, 0.15) is 24.8 Å². The molecular formula is C18H17NO5. The highest BCUT2D eigenvalue weighted by molar-refractivity contribution is 5.86. The van der Waals surface area contributed by atoms with Gasteiger partial charge in [0.05, 0.1) is 23.5 Å². The molecule has 0 N–H and O–H groups in total. The summed E-state index contributed by atoms with van der Waals surface area (Å²) in [7, 11) is 1.43. The Labute approximate surface area is 139 Å². The van der Waals surface area contributed by atoms with E-state index in [2.05, 4.69) is 0 Å². The molecule has 3 rings (SSSR count). The first-order valence-electron chi connectivity index (χ1n) is 7.67. The molecule has 124 valence electrons. The lowest BCUT2D eigenvalue weighted by atomic mass is 9.64. The van der Waals surface area contributed by atoms with Gasteiger partial charge in [-0.25, -0.2) is 0 Å². The standard InChI is InChI=1S/C18H17NO5/c1-23-15-9-8-14(19(21)22)12-16(15)24-17(20)18(10-5-11-18)13-6-3-2-4-7-13/h2-4,6-9,12H,5,10-11H2,1H3. The van der Waals surface area contributed by atoms with Crippen molar-refractivity contribution in [3.63, 3.8) is 0 Å². The average Bonchev–Trinajstić information content (AvgIpc) is 2.54. The third-order valence-electron chi connectivity index (χ3n) is 4.48. The highest BCUT2D eigenvalue weighted by Gasteiger charge is 2.47. The number of esters is 1. The Balaban J connectivity index is 1.91. The normalized spacial score (nSPS) is 15.2. The van der Waals surface area contributed by atoms with Crippen LogP contribution in [0, 0.1) is 10.1 Å². The highest BCUT2D eigenvalue weighted by Crippen LogP contribution is 2.45. The van der Waals surface area contributed by atoms with Crippen LogP contribution in [0.4, 0.5) is 5.69 Å². The zero-order valence-corrected chi connectivity index (χ0v) is 13.2. The number of benzene rings is 2. The Hall–Kier alpha value is -2.89. The van der Waals surface area contributed by atoms with Gasteiger partial charge in [-0.3, -0.25) is 14.9 Å². The van der Waals surface area contributed by atoms with Gasteiger partial charge in [-0.15, -0.1) is 0 Å². The second-order valence-electron chi connectivity index (χ2n) is 5.78. The molecule has 0 unspecified atom stereocenters. The fourth-order valence-corrected chi connectivity index (χ4v) is 2.95. The number of hydrogen-bond donors (Lipinski definition) is 0. The van der Waals surface area contributed by atoms with Crippen molar-refractivity contribution in [2.24, 2.45) is 0 Å². The zero-order valence-electron chi connectivity index (χ0n) is 13.2. The minimum atomic E-state index is -0.684. The second-order valence-corrected chi connectivity index (χ2v) is 5.78. The number of carbonyl (C=O) groups is 1. The number of methoxy groups -OCH3 is 1. The molecule has 1 saturated carbocycles. The van der Waals surface area contributed by atoms with E-state index in [0.29, 0.717) is 12.8 Å². The molecule has 0 amide bonds. The topological polar surface area (TPSA) is 78.7 Å². The van der Waals surface area contributed by atoms with Gasteiger partial charge in [-0.1, -0.05) is 36.8 Å². The summed E-state index contributed by atoms with van der Waals surface area (Å²) in [5.74, 6) is -0.0471. The van der Waals surface area contributed by atoms with Crippen LogP contribution in [0.5, 0.6) is 11.5 Å². The molecule has 1 aliphatic rings. The van der Waals surface area contributed by atoms with Crippen molar-refractivity contribution >= 4 is 11.7 Å². The molecule has 0 saturated heterocycles. The summed E-state index contributed by atoms with van der Waals surface area (Å²) in [5, 5.41) is 10.9. The van der Waals surface area contributed by atoms with E-state index in [9.17, 15) is 14.9 Å². The lowest BCUT2D eigenvalue weighted by Crippen LogP contribution is -2.45. The SMILES string of the molecule is COc1ccc([N+](=O)[O-])cc1OC(=O)C1(c2ccccc2)CCC1. The quantitative estimate of drug-likeness (QED) is 0.363. The largest absolute Gasteiger partial charge is 0.493 e. The van der Waals surface area contributed by atoms with E-state index < -0.39 is 16.3 Å². The van der Waals surface area contributed by atoms with Crippen LogP contribution in [-0.2, 0) is 10.2 Å². The predicted molar refractivity (Wildman–Crippen MR) is 87.3 cm³/mol. The van der Waals surface area contributed by atoms with Gasteiger partial charge in [0.15, 0.2) is 11.5 Å². The van der Waals surface area contributed by atoms with E-state index in [1.165, 1.54) is 25.3 Å². The lowest BCUT2D eigenvalue weighted by Gasteiger charge is -2.39. The van der Waals surface area contributed by atoms with E-state index in [4.69, 9.17) is 9.47 Å². The minimum absolute atomic E-state index is 0.0684. The van der Waals surface area contributed by atoms with Gasteiger partial charge >= 0.3 is 5.97 Å². The van der Waals surface area contributed by atoms with Crippen LogP contribution < -0.4 is 9.47 Å². The molecule has 0 spiro atoms. The summed E-state index contributed by atoms with van der Waals surface area (Å²) in [6.45, 7) is 0. The lowest BCUT2D eigenvalue weighted by molar-refractivity contribution is -0.384. The first kappa shape index (κ1) is 16.0. The Morgan fingerprint density at radius 3 is 2.38 bits per heavy atom. The Kier molecular flexibility index (Phi) is 4.20. The summed E-state index contributed by atoms with van der Waals surface area (Å²) in [6, 6.07) is 13.4. The van der Waals surface area contributed by atoms with E-state index in [0.717, 1.165) is 12.0 Å². The van der Waals surface area contributed by atoms with Gasteiger partial charge in [0.2, 0.25) is 0 Å². The van der Waals surface area contributed by atoms with Crippen LogP contribution in [0.15, 0.2) is 48.5 Å². The molecule has 0 aromatic heterocycles. The maximum Gasteiger partial charge on any atom is 0.322 e. The first-order chi connectivity index (χ1) is 11.6. The number of nitro groups is 1. The van der Waals surface area contributed by atoms with Gasteiger partial charge in [0.1, 0.15) is 0 Å². The smallest absolute Gasteiger partial charge is 0.322 e. The van der Waals surface area contributed by atoms with Crippen LogP contribution in [0.3, 0.4) is 0 Å². The number of nitro benzene ring substituents is 1. The molecular weight excluding hydrogens is 310 g/mol. The van der Waals surface area contributed by atoms with Crippen molar-refractivity contribution in [2.45, 2.75) is 24.7 Å². The maximum absolute atomic E-state index is 12.8. The number of carbonyl (C=O) groups excluding carboxylic acids is 1. The molecule has 0 radical (unpaired) electrons. The van der Waals surface area contributed by atoms with Crippen molar-refractivity contribution in [1.29, 1.82) is 0 Å². The van der Waals surface area contributed by atoms with Crippen molar-refractivity contribution in [2.75, 3.05) is 7.11 Å². The van der Waals surface area contributed by atoms with E-state index in [-0.39, 0.29) is 17.2 Å². The summed E-state index contributed by atoms with van der Waals surface area (Å²) < 4.78 is 10.7. The summed E-state index contributed by atoms with van der Waals surface area (Å²) in [5.41, 5.74) is 0.0725. The number of rotatable bonds is 5. The van der Waals surface area contributed by atoms with Gasteiger partial charge in [-0.2, -0.15) is 0 Å². The molecule has 6 nitrogen and oxygen atoms in total. The first-order valence-corrected chi connectivity index (χ1v) is 7.67. The van der Waals surface area contributed by atoms with Crippen molar-refractivity contribution < 1.29 is 19.2 Å². The summed E-state index contributed by atoms with van der Waals surface area (Å²) >= 11 is 0. The van der Waals surface area contributed by atoms with Crippen LogP contribution >= 0.6 is 0 Å². The van der Waals surface area contributed by atoms with Crippen molar-refractivity contribution in [1.82, 2.24) is 0 Å². The van der Waals surface area contributed by atoms with Crippen LogP contribution in [-0.4, -0.2) is 18.0 Å². The van der Waals surface area contributed by atoms with Gasteiger partial charge in [0.25, 0.3) is 5.69 Å². The van der Waals surface area contributed by atoms with Crippen LogP contribution in [0.25, 0.3) is 0 Å².